The number of hydrogen-bond donors (Lipinski definition) is 0. The second-order valence-corrected chi connectivity index (χ2v) is 5.28. The van der Waals surface area contributed by atoms with E-state index in [-0.39, 0.29) is 23.2 Å². The van der Waals surface area contributed by atoms with E-state index in [1.807, 2.05) is 0 Å². The Kier molecular flexibility index (Phi) is 3.60. The van der Waals surface area contributed by atoms with E-state index in [4.69, 9.17) is 0 Å². The maximum atomic E-state index is 11.6. The van der Waals surface area contributed by atoms with Crippen LogP contribution in [0.4, 0.5) is 0 Å². The lowest BCUT2D eigenvalue weighted by Gasteiger charge is -2.07. The first-order chi connectivity index (χ1) is 6.56. The highest BCUT2D eigenvalue weighted by atomic mass is 32.2. The summed E-state index contributed by atoms with van der Waals surface area (Å²) in [5.41, 5.74) is 0. The Morgan fingerprint density at radius 3 is 2.71 bits per heavy atom. The van der Waals surface area contributed by atoms with Gasteiger partial charge >= 0.3 is 0 Å². The Morgan fingerprint density at radius 1 is 1.50 bits per heavy atom. The van der Waals surface area contributed by atoms with Crippen molar-refractivity contribution in [2.45, 2.75) is 11.8 Å². The zero-order valence-corrected chi connectivity index (χ0v) is 8.70. The van der Waals surface area contributed by atoms with Gasteiger partial charge in [-0.15, -0.1) is 0 Å². The smallest absolute Gasteiger partial charge is 0.180 e. The molecule has 0 fully saturated rings. The Hall–Kier alpha value is -0.940. The van der Waals surface area contributed by atoms with Crippen molar-refractivity contribution < 1.29 is 13.5 Å². The molecule has 1 heterocycles. The summed E-state index contributed by atoms with van der Waals surface area (Å²) < 4.78 is 23.2. The average molecular weight is 214 g/mol. The molecule has 1 atom stereocenters. The molecule has 0 amide bonds. The zero-order chi connectivity index (χ0) is 10.6. The molecule has 4 nitrogen and oxygen atoms in total. The van der Waals surface area contributed by atoms with Gasteiger partial charge in [-0.3, -0.25) is 4.98 Å². The van der Waals surface area contributed by atoms with Crippen molar-refractivity contribution in [2.75, 3.05) is 12.4 Å². The van der Waals surface area contributed by atoms with Gasteiger partial charge in [0.1, 0.15) is 0 Å². The Morgan fingerprint density at radius 2 is 2.21 bits per heavy atom. The van der Waals surface area contributed by atoms with E-state index < -0.39 is 9.84 Å². The molecule has 1 unspecified atom stereocenters. The molecule has 0 saturated heterocycles. The maximum Gasteiger partial charge on any atom is 0.180 e. The lowest BCUT2D eigenvalue weighted by Crippen LogP contribution is -2.16. The minimum Gasteiger partial charge on any atom is -0.263 e. The third-order valence-electron chi connectivity index (χ3n) is 1.78. The highest BCUT2D eigenvalue weighted by Gasteiger charge is 2.18. The Balaban J connectivity index is 2.87. The molecule has 1 rings (SSSR count). The van der Waals surface area contributed by atoms with Crippen molar-refractivity contribution in [3.63, 3.8) is 0 Å². The number of sulfone groups is 1. The number of nitrogens with zero attached hydrogens (tertiary/aromatic N) is 1. The fourth-order valence-electron chi connectivity index (χ4n) is 1.05. The number of aromatic nitrogens is 1. The monoisotopic (exact) mass is 214 g/mol. The largest absolute Gasteiger partial charge is 0.263 e. The summed E-state index contributed by atoms with van der Waals surface area (Å²) in [6, 6.07) is 3.05. The zero-order valence-electron chi connectivity index (χ0n) is 7.88. The standard InChI is InChI=1S/C9H12NO3S/c1-8(6-11)7-14(12,13)9-3-2-4-10-5-9/h2-5,8H,6-7H2,1H3. The molecular formula is C9H12NO3S. The molecule has 1 aromatic rings. The first-order valence-electron chi connectivity index (χ1n) is 4.27. The molecule has 0 aliphatic heterocycles. The van der Waals surface area contributed by atoms with Gasteiger partial charge in [-0.25, -0.2) is 13.5 Å². The highest BCUT2D eigenvalue weighted by molar-refractivity contribution is 7.91. The number of pyridine rings is 1. The molecule has 0 N–H and O–H groups in total. The average Bonchev–Trinajstić information content (AvgIpc) is 2.18. The second kappa shape index (κ2) is 4.52. The maximum absolute atomic E-state index is 11.6. The van der Waals surface area contributed by atoms with E-state index in [1.54, 1.807) is 13.0 Å². The lowest BCUT2D eigenvalue weighted by atomic mass is 10.2. The van der Waals surface area contributed by atoms with Crippen molar-refractivity contribution >= 4 is 9.84 Å². The van der Waals surface area contributed by atoms with Gasteiger partial charge in [0.05, 0.1) is 17.3 Å². The van der Waals surface area contributed by atoms with Gasteiger partial charge in [-0.05, 0) is 18.1 Å². The number of hydrogen-bond acceptors (Lipinski definition) is 3. The minimum atomic E-state index is -3.33. The van der Waals surface area contributed by atoms with Crippen LogP contribution in [0.2, 0.25) is 0 Å². The van der Waals surface area contributed by atoms with Crippen LogP contribution in [0.3, 0.4) is 0 Å². The van der Waals surface area contributed by atoms with Crippen LogP contribution in [-0.2, 0) is 14.9 Å². The predicted octanol–water partition coefficient (Wildman–Crippen LogP) is 0.922. The Bertz CT molecular complexity index is 374. The lowest BCUT2D eigenvalue weighted by molar-refractivity contribution is 0.159. The van der Waals surface area contributed by atoms with E-state index in [9.17, 15) is 13.5 Å². The highest BCUT2D eigenvalue weighted by Crippen LogP contribution is 2.12. The second-order valence-electron chi connectivity index (χ2n) is 3.24. The molecule has 0 saturated carbocycles. The molecule has 1 aromatic heterocycles. The predicted molar refractivity (Wildman–Crippen MR) is 51.0 cm³/mol. The summed E-state index contributed by atoms with van der Waals surface area (Å²) in [6.07, 6.45) is 2.81. The summed E-state index contributed by atoms with van der Waals surface area (Å²) in [4.78, 5) is 3.91. The molecule has 0 aliphatic rings. The van der Waals surface area contributed by atoms with Gasteiger partial charge in [0, 0.05) is 12.4 Å². The van der Waals surface area contributed by atoms with Crippen LogP contribution in [0.25, 0.3) is 0 Å². The van der Waals surface area contributed by atoms with Crippen molar-refractivity contribution in [2.24, 2.45) is 5.92 Å². The molecule has 77 valence electrons. The SMILES string of the molecule is CC(C[O])CS(=O)(=O)c1cccnc1. The van der Waals surface area contributed by atoms with E-state index in [0.717, 1.165) is 0 Å². The summed E-state index contributed by atoms with van der Waals surface area (Å²) in [6.45, 7) is 1.25. The van der Waals surface area contributed by atoms with Gasteiger partial charge < -0.3 is 0 Å². The van der Waals surface area contributed by atoms with E-state index >= 15 is 0 Å². The van der Waals surface area contributed by atoms with Crippen molar-refractivity contribution in [3.8, 4) is 0 Å². The molecular weight excluding hydrogens is 202 g/mol. The fourth-order valence-corrected chi connectivity index (χ4v) is 2.60. The van der Waals surface area contributed by atoms with E-state index in [1.165, 1.54) is 18.5 Å². The molecule has 0 aromatic carbocycles. The fraction of sp³-hybridized carbons (Fsp3) is 0.444. The summed E-state index contributed by atoms with van der Waals surface area (Å²) >= 11 is 0. The molecule has 0 spiro atoms. The quantitative estimate of drug-likeness (QED) is 0.748. The molecule has 14 heavy (non-hydrogen) atoms. The van der Waals surface area contributed by atoms with Crippen LogP contribution in [0.1, 0.15) is 6.92 Å². The van der Waals surface area contributed by atoms with Crippen LogP contribution in [0.5, 0.6) is 0 Å². The van der Waals surface area contributed by atoms with Crippen LogP contribution < -0.4 is 0 Å². The van der Waals surface area contributed by atoms with E-state index in [0.29, 0.717) is 0 Å². The molecule has 0 bridgehead atoms. The molecule has 1 radical (unpaired) electrons. The van der Waals surface area contributed by atoms with Crippen molar-refractivity contribution in [1.82, 2.24) is 4.98 Å². The third-order valence-corrected chi connectivity index (χ3v) is 3.75. The first-order valence-corrected chi connectivity index (χ1v) is 5.92. The topological polar surface area (TPSA) is 66.9 Å². The van der Waals surface area contributed by atoms with Gasteiger partial charge in [-0.1, -0.05) is 6.92 Å². The third kappa shape index (κ3) is 2.78. The van der Waals surface area contributed by atoms with Crippen LogP contribution in [0, 0.1) is 5.92 Å². The van der Waals surface area contributed by atoms with Gasteiger partial charge in [0.25, 0.3) is 0 Å². The molecule has 5 heteroatoms. The first kappa shape index (κ1) is 11.1. The summed E-state index contributed by atoms with van der Waals surface area (Å²) in [5, 5.41) is 10.5. The summed E-state index contributed by atoms with van der Waals surface area (Å²) in [5.74, 6) is -0.470. The van der Waals surface area contributed by atoms with Crippen molar-refractivity contribution in [1.29, 1.82) is 0 Å². The van der Waals surface area contributed by atoms with Gasteiger partial charge in [0.2, 0.25) is 0 Å². The van der Waals surface area contributed by atoms with Crippen LogP contribution in [0.15, 0.2) is 29.4 Å². The van der Waals surface area contributed by atoms with Crippen molar-refractivity contribution in [3.05, 3.63) is 24.5 Å². The normalized spacial score (nSPS) is 13.9. The van der Waals surface area contributed by atoms with Crippen LogP contribution in [-0.4, -0.2) is 25.8 Å². The van der Waals surface area contributed by atoms with Gasteiger partial charge in [-0.2, -0.15) is 0 Å². The summed E-state index contributed by atoms with van der Waals surface area (Å²) in [7, 11) is -3.33. The molecule has 0 aliphatic carbocycles. The number of rotatable bonds is 4. The minimum absolute atomic E-state index is 0.109. The van der Waals surface area contributed by atoms with Crippen LogP contribution >= 0.6 is 0 Å². The van der Waals surface area contributed by atoms with E-state index in [2.05, 4.69) is 4.98 Å². The van der Waals surface area contributed by atoms with Gasteiger partial charge in [0.15, 0.2) is 9.84 Å². The Labute approximate surface area is 83.5 Å².